The van der Waals surface area contributed by atoms with E-state index in [1.165, 1.54) is 12.1 Å². The van der Waals surface area contributed by atoms with Gasteiger partial charge in [-0.1, -0.05) is 11.6 Å². The molecule has 2 nitrogen and oxygen atoms in total. The molecular weight excluding hydrogens is 251 g/mol. The van der Waals surface area contributed by atoms with Crippen molar-refractivity contribution in [2.24, 2.45) is 0 Å². The summed E-state index contributed by atoms with van der Waals surface area (Å²) >= 11 is 6.01. The Bertz CT molecular complexity index is 588. The molecular formula is C14H12ClFN2. The van der Waals surface area contributed by atoms with Crippen molar-refractivity contribution in [2.75, 3.05) is 0 Å². The maximum atomic E-state index is 13.4. The van der Waals surface area contributed by atoms with Gasteiger partial charge >= 0.3 is 0 Å². The van der Waals surface area contributed by atoms with Crippen molar-refractivity contribution in [3.05, 3.63) is 46.6 Å². The maximum absolute atomic E-state index is 13.4. The highest BCUT2D eigenvalue weighted by Gasteiger charge is 2.27. The van der Waals surface area contributed by atoms with Gasteiger partial charge in [0.2, 0.25) is 0 Å². The summed E-state index contributed by atoms with van der Waals surface area (Å²) in [5.74, 6) is 0.948. The van der Waals surface area contributed by atoms with Gasteiger partial charge in [0.1, 0.15) is 16.8 Å². The highest BCUT2D eigenvalue weighted by Crippen LogP contribution is 2.39. The molecule has 0 spiro atoms. The van der Waals surface area contributed by atoms with Crippen LogP contribution in [0.3, 0.4) is 0 Å². The van der Waals surface area contributed by atoms with Crippen molar-refractivity contribution >= 4 is 11.6 Å². The molecule has 4 heteroatoms. The highest BCUT2D eigenvalue weighted by atomic mass is 35.5. The van der Waals surface area contributed by atoms with Gasteiger partial charge in [0.15, 0.2) is 0 Å². The molecule has 0 saturated heterocycles. The zero-order valence-corrected chi connectivity index (χ0v) is 10.7. The second-order valence-electron chi connectivity index (χ2n) is 4.73. The standard InChI is InChI=1S/C14H12ClFN2/c1-8-4-10(6-11(16)5-8)12-7-13(15)18-14(17-12)9-2-3-9/h4-7,9H,2-3H2,1H3. The SMILES string of the molecule is Cc1cc(F)cc(-c2cc(Cl)nc(C3CC3)n2)c1. The van der Waals surface area contributed by atoms with Gasteiger partial charge in [-0.05, 0) is 43.5 Å². The van der Waals surface area contributed by atoms with E-state index in [0.29, 0.717) is 16.8 Å². The first kappa shape index (κ1) is 11.6. The number of rotatable bonds is 2. The fourth-order valence-corrected chi connectivity index (χ4v) is 2.18. The van der Waals surface area contributed by atoms with Gasteiger partial charge in [0, 0.05) is 17.5 Å². The number of hydrogen-bond donors (Lipinski definition) is 0. The Kier molecular flexibility index (Phi) is 2.78. The smallest absolute Gasteiger partial charge is 0.133 e. The van der Waals surface area contributed by atoms with Gasteiger partial charge in [-0.25, -0.2) is 14.4 Å². The molecule has 0 N–H and O–H groups in total. The summed E-state index contributed by atoms with van der Waals surface area (Å²) in [6.07, 6.45) is 2.23. The molecule has 0 bridgehead atoms. The molecule has 1 aromatic heterocycles. The molecule has 0 amide bonds. The Labute approximate surface area is 110 Å². The maximum Gasteiger partial charge on any atom is 0.133 e. The Balaban J connectivity index is 2.09. The predicted octanol–water partition coefficient (Wildman–Crippen LogP) is 4.12. The number of nitrogens with zero attached hydrogens (tertiary/aromatic N) is 2. The third kappa shape index (κ3) is 2.36. The average Bonchev–Trinajstić information content (AvgIpc) is 3.10. The van der Waals surface area contributed by atoms with E-state index in [-0.39, 0.29) is 5.82 Å². The quantitative estimate of drug-likeness (QED) is 0.761. The van der Waals surface area contributed by atoms with E-state index in [0.717, 1.165) is 29.8 Å². The highest BCUT2D eigenvalue weighted by molar-refractivity contribution is 6.29. The van der Waals surface area contributed by atoms with E-state index in [4.69, 9.17) is 11.6 Å². The molecule has 1 heterocycles. The van der Waals surface area contributed by atoms with Gasteiger partial charge in [0.05, 0.1) is 5.69 Å². The largest absolute Gasteiger partial charge is 0.232 e. The Morgan fingerprint density at radius 2 is 1.94 bits per heavy atom. The predicted molar refractivity (Wildman–Crippen MR) is 69.1 cm³/mol. The lowest BCUT2D eigenvalue weighted by molar-refractivity contribution is 0.627. The number of aryl methyl sites for hydroxylation is 1. The first-order valence-corrected chi connectivity index (χ1v) is 6.31. The molecule has 1 aromatic carbocycles. The molecule has 0 atom stereocenters. The van der Waals surface area contributed by atoms with Crippen LogP contribution in [0.15, 0.2) is 24.3 Å². The summed E-state index contributed by atoms with van der Waals surface area (Å²) in [5, 5.41) is 0.420. The summed E-state index contributed by atoms with van der Waals surface area (Å²) in [6.45, 7) is 1.86. The Morgan fingerprint density at radius 1 is 1.17 bits per heavy atom. The van der Waals surface area contributed by atoms with Crippen molar-refractivity contribution < 1.29 is 4.39 Å². The Hall–Kier alpha value is -1.48. The topological polar surface area (TPSA) is 25.8 Å². The second-order valence-corrected chi connectivity index (χ2v) is 5.11. The molecule has 18 heavy (non-hydrogen) atoms. The molecule has 0 aliphatic heterocycles. The van der Waals surface area contributed by atoms with Crippen molar-refractivity contribution in [3.63, 3.8) is 0 Å². The number of halogens is 2. The van der Waals surface area contributed by atoms with Gasteiger partial charge in [0.25, 0.3) is 0 Å². The molecule has 1 fully saturated rings. The van der Waals surface area contributed by atoms with Crippen molar-refractivity contribution in [1.82, 2.24) is 9.97 Å². The van der Waals surface area contributed by atoms with Crippen LogP contribution in [0, 0.1) is 12.7 Å². The van der Waals surface area contributed by atoms with Crippen LogP contribution in [-0.2, 0) is 0 Å². The minimum atomic E-state index is -0.257. The van der Waals surface area contributed by atoms with Crippen molar-refractivity contribution in [3.8, 4) is 11.3 Å². The van der Waals surface area contributed by atoms with Crippen LogP contribution < -0.4 is 0 Å². The molecule has 92 valence electrons. The fourth-order valence-electron chi connectivity index (χ4n) is 1.99. The third-order valence-corrected chi connectivity index (χ3v) is 3.19. The third-order valence-electron chi connectivity index (χ3n) is 2.99. The van der Waals surface area contributed by atoms with Crippen LogP contribution in [-0.4, -0.2) is 9.97 Å². The monoisotopic (exact) mass is 262 g/mol. The molecule has 1 aliphatic rings. The van der Waals surface area contributed by atoms with Crippen molar-refractivity contribution in [2.45, 2.75) is 25.7 Å². The summed E-state index contributed by atoms with van der Waals surface area (Å²) in [4.78, 5) is 8.71. The lowest BCUT2D eigenvalue weighted by atomic mass is 10.1. The van der Waals surface area contributed by atoms with Gasteiger partial charge < -0.3 is 0 Å². The molecule has 1 saturated carbocycles. The lowest BCUT2D eigenvalue weighted by Gasteiger charge is -2.06. The van der Waals surface area contributed by atoms with Crippen LogP contribution in [0.5, 0.6) is 0 Å². The van der Waals surface area contributed by atoms with Crippen LogP contribution in [0.25, 0.3) is 11.3 Å². The van der Waals surface area contributed by atoms with E-state index in [1.54, 1.807) is 6.07 Å². The fraction of sp³-hybridized carbons (Fsp3) is 0.286. The second kappa shape index (κ2) is 4.32. The number of hydrogen-bond acceptors (Lipinski definition) is 2. The van der Waals surface area contributed by atoms with Gasteiger partial charge in [-0.3, -0.25) is 0 Å². The van der Waals surface area contributed by atoms with E-state index in [2.05, 4.69) is 9.97 Å². The molecule has 3 rings (SSSR count). The van der Waals surface area contributed by atoms with E-state index in [1.807, 2.05) is 13.0 Å². The van der Waals surface area contributed by atoms with Gasteiger partial charge in [-0.15, -0.1) is 0 Å². The summed E-state index contributed by atoms with van der Waals surface area (Å²) in [6, 6.07) is 6.55. The zero-order valence-electron chi connectivity index (χ0n) is 9.95. The summed E-state index contributed by atoms with van der Waals surface area (Å²) < 4.78 is 13.4. The van der Waals surface area contributed by atoms with Crippen LogP contribution in [0.1, 0.15) is 30.1 Å². The number of aromatic nitrogens is 2. The minimum Gasteiger partial charge on any atom is -0.232 e. The summed E-state index contributed by atoms with van der Waals surface area (Å²) in [7, 11) is 0. The van der Waals surface area contributed by atoms with Crippen molar-refractivity contribution in [1.29, 1.82) is 0 Å². The van der Waals surface area contributed by atoms with Crippen LogP contribution in [0.2, 0.25) is 5.15 Å². The molecule has 0 radical (unpaired) electrons. The Morgan fingerprint density at radius 3 is 2.61 bits per heavy atom. The van der Waals surface area contributed by atoms with E-state index in [9.17, 15) is 4.39 Å². The minimum absolute atomic E-state index is 0.257. The molecule has 2 aromatic rings. The van der Waals surface area contributed by atoms with Crippen LogP contribution in [0.4, 0.5) is 4.39 Å². The number of benzene rings is 1. The molecule has 1 aliphatic carbocycles. The summed E-state index contributed by atoms with van der Waals surface area (Å²) in [5.41, 5.74) is 2.31. The average molecular weight is 263 g/mol. The van der Waals surface area contributed by atoms with Crippen LogP contribution >= 0.6 is 11.6 Å². The normalized spacial score (nSPS) is 14.8. The van der Waals surface area contributed by atoms with E-state index < -0.39 is 0 Å². The lowest BCUT2D eigenvalue weighted by Crippen LogP contribution is -1.96. The van der Waals surface area contributed by atoms with E-state index >= 15 is 0 Å². The van der Waals surface area contributed by atoms with Gasteiger partial charge in [-0.2, -0.15) is 0 Å². The first-order valence-electron chi connectivity index (χ1n) is 5.94. The zero-order chi connectivity index (χ0) is 12.7. The first-order chi connectivity index (χ1) is 8.61. The molecule has 0 unspecified atom stereocenters.